The zero-order chi connectivity index (χ0) is 18.6. The Bertz CT molecular complexity index is 846. The molecule has 0 bridgehead atoms. The summed E-state index contributed by atoms with van der Waals surface area (Å²) in [5.74, 6) is 0.415. The van der Waals surface area contributed by atoms with Gasteiger partial charge in [-0.25, -0.2) is 8.42 Å². The van der Waals surface area contributed by atoms with Crippen molar-refractivity contribution in [3.8, 4) is 5.75 Å². The molecule has 0 fully saturated rings. The Hall–Kier alpha value is -2.54. The first-order valence-corrected chi connectivity index (χ1v) is 9.63. The van der Waals surface area contributed by atoms with Crippen LogP contribution in [0.5, 0.6) is 5.75 Å². The van der Waals surface area contributed by atoms with E-state index in [2.05, 4.69) is 5.32 Å². The molecule has 0 aliphatic carbocycles. The number of rotatable bonds is 6. The van der Waals surface area contributed by atoms with Crippen LogP contribution in [0.15, 0.2) is 48.5 Å². The summed E-state index contributed by atoms with van der Waals surface area (Å²) in [5.41, 5.74) is 1.47. The van der Waals surface area contributed by atoms with Gasteiger partial charge in [0, 0.05) is 18.3 Å². The van der Waals surface area contributed by atoms with Gasteiger partial charge in [0.1, 0.15) is 5.75 Å². The fourth-order valence-corrected chi connectivity index (χ4v) is 2.63. The minimum Gasteiger partial charge on any atom is -0.491 e. The summed E-state index contributed by atoms with van der Waals surface area (Å²) in [6, 6.07) is 13.5. The Labute approximate surface area is 148 Å². The first kappa shape index (κ1) is 18.8. The minimum absolute atomic E-state index is 0.0641. The minimum atomic E-state index is -3.36. The summed E-state index contributed by atoms with van der Waals surface area (Å²) in [4.78, 5) is 12.3. The lowest BCUT2D eigenvalue weighted by atomic mass is 10.2. The Kier molecular flexibility index (Phi) is 5.69. The van der Waals surface area contributed by atoms with Gasteiger partial charge < -0.3 is 10.1 Å². The van der Waals surface area contributed by atoms with Gasteiger partial charge in [-0.1, -0.05) is 6.07 Å². The predicted octanol–water partition coefficient (Wildman–Crippen LogP) is 3.12. The molecule has 0 aliphatic heterocycles. The van der Waals surface area contributed by atoms with E-state index in [1.54, 1.807) is 48.5 Å². The highest BCUT2D eigenvalue weighted by Gasteiger charge is 2.13. The quantitative estimate of drug-likeness (QED) is 0.857. The molecule has 1 amide bonds. The van der Waals surface area contributed by atoms with Crippen LogP contribution in [0.1, 0.15) is 24.2 Å². The molecule has 2 aromatic rings. The number of benzene rings is 2. The molecule has 0 unspecified atom stereocenters. The van der Waals surface area contributed by atoms with Gasteiger partial charge in [0.15, 0.2) is 0 Å². The Balaban J connectivity index is 2.13. The molecule has 7 heteroatoms. The molecule has 6 nitrogen and oxygen atoms in total. The van der Waals surface area contributed by atoms with Gasteiger partial charge in [0.2, 0.25) is 10.0 Å². The number of hydrogen-bond donors (Lipinski definition) is 1. The van der Waals surface area contributed by atoms with Gasteiger partial charge in [-0.3, -0.25) is 9.10 Å². The fraction of sp³-hybridized carbons (Fsp3) is 0.278. The highest BCUT2D eigenvalue weighted by molar-refractivity contribution is 7.92. The van der Waals surface area contributed by atoms with E-state index in [0.29, 0.717) is 22.7 Å². The number of carbonyl (C=O) groups is 1. The van der Waals surface area contributed by atoms with E-state index in [-0.39, 0.29) is 12.0 Å². The molecule has 0 aliphatic rings. The number of anilines is 2. The standard InChI is InChI=1S/C18H22N2O4S/c1-13(2)24-17-10-8-14(9-11-17)18(21)19-15-6-5-7-16(12-15)20(3)25(4,22)23/h5-13H,1-4H3,(H,19,21). The number of carbonyl (C=O) groups excluding carboxylic acids is 1. The SMILES string of the molecule is CC(C)Oc1ccc(C(=O)Nc2cccc(N(C)S(C)(=O)=O)c2)cc1. The van der Waals surface area contributed by atoms with E-state index >= 15 is 0 Å². The third-order valence-corrected chi connectivity index (χ3v) is 4.66. The third-order valence-electron chi connectivity index (χ3n) is 3.45. The molecule has 0 saturated heterocycles. The van der Waals surface area contributed by atoms with Crippen LogP contribution < -0.4 is 14.4 Å². The van der Waals surface area contributed by atoms with Crippen molar-refractivity contribution < 1.29 is 17.9 Å². The maximum atomic E-state index is 12.3. The normalized spacial score (nSPS) is 11.2. The Morgan fingerprint density at radius 1 is 1.12 bits per heavy atom. The summed E-state index contributed by atoms with van der Waals surface area (Å²) in [6.45, 7) is 3.86. The number of ether oxygens (including phenoxy) is 1. The zero-order valence-corrected chi connectivity index (χ0v) is 15.5. The molecule has 0 atom stereocenters. The van der Waals surface area contributed by atoms with Crippen LogP contribution in [0.25, 0.3) is 0 Å². The molecule has 0 aromatic heterocycles. The van der Waals surface area contributed by atoms with Crippen molar-refractivity contribution in [3.05, 3.63) is 54.1 Å². The van der Waals surface area contributed by atoms with Crippen LogP contribution in [-0.2, 0) is 10.0 Å². The number of nitrogens with one attached hydrogen (secondary N) is 1. The van der Waals surface area contributed by atoms with Gasteiger partial charge in [-0.05, 0) is 56.3 Å². The first-order chi connectivity index (χ1) is 11.7. The van der Waals surface area contributed by atoms with Gasteiger partial charge in [0.05, 0.1) is 18.0 Å². The third kappa shape index (κ3) is 5.22. The van der Waals surface area contributed by atoms with E-state index in [1.165, 1.54) is 7.05 Å². The van der Waals surface area contributed by atoms with E-state index in [0.717, 1.165) is 10.6 Å². The van der Waals surface area contributed by atoms with Crippen LogP contribution in [0.2, 0.25) is 0 Å². The lowest BCUT2D eigenvalue weighted by Crippen LogP contribution is -2.24. The van der Waals surface area contributed by atoms with Crippen molar-refractivity contribution in [2.24, 2.45) is 0 Å². The summed E-state index contributed by atoms with van der Waals surface area (Å²) in [5, 5.41) is 2.76. The zero-order valence-electron chi connectivity index (χ0n) is 14.7. The van der Waals surface area contributed by atoms with E-state index in [9.17, 15) is 13.2 Å². The molecule has 2 aromatic carbocycles. The largest absolute Gasteiger partial charge is 0.491 e. The Morgan fingerprint density at radius 3 is 2.32 bits per heavy atom. The maximum Gasteiger partial charge on any atom is 0.255 e. The average molecular weight is 362 g/mol. The highest BCUT2D eigenvalue weighted by Crippen LogP contribution is 2.21. The molecule has 0 saturated carbocycles. The van der Waals surface area contributed by atoms with Gasteiger partial charge >= 0.3 is 0 Å². The Morgan fingerprint density at radius 2 is 1.76 bits per heavy atom. The molecular formula is C18H22N2O4S. The summed E-state index contributed by atoms with van der Waals surface area (Å²) in [6.07, 6.45) is 1.19. The molecule has 0 radical (unpaired) electrons. The van der Waals surface area contributed by atoms with Crippen LogP contribution >= 0.6 is 0 Å². The average Bonchev–Trinajstić information content (AvgIpc) is 2.53. The van der Waals surface area contributed by atoms with Crippen LogP contribution in [-0.4, -0.2) is 33.7 Å². The molecule has 0 spiro atoms. The number of nitrogens with zero attached hydrogens (tertiary/aromatic N) is 1. The van der Waals surface area contributed by atoms with Crippen molar-refractivity contribution in [1.82, 2.24) is 0 Å². The maximum absolute atomic E-state index is 12.3. The van der Waals surface area contributed by atoms with E-state index in [1.807, 2.05) is 13.8 Å². The van der Waals surface area contributed by atoms with E-state index < -0.39 is 10.0 Å². The second-order valence-electron chi connectivity index (χ2n) is 5.93. The van der Waals surface area contributed by atoms with Gasteiger partial charge in [-0.15, -0.1) is 0 Å². The van der Waals surface area contributed by atoms with Gasteiger partial charge in [-0.2, -0.15) is 0 Å². The summed E-state index contributed by atoms with van der Waals surface area (Å²) >= 11 is 0. The van der Waals surface area contributed by atoms with Crippen molar-refractivity contribution in [1.29, 1.82) is 0 Å². The molecule has 134 valence electrons. The molecule has 1 N–H and O–H groups in total. The van der Waals surface area contributed by atoms with Gasteiger partial charge in [0.25, 0.3) is 5.91 Å². The molecule has 0 heterocycles. The first-order valence-electron chi connectivity index (χ1n) is 7.79. The molecule has 25 heavy (non-hydrogen) atoms. The number of hydrogen-bond acceptors (Lipinski definition) is 4. The molecular weight excluding hydrogens is 340 g/mol. The smallest absolute Gasteiger partial charge is 0.255 e. The van der Waals surface area contributed by atoms with Crippen molar-refractivity contribution in [3.63, 3.8) is 0 Å². The highest BCUT2D eigenvalue weighted by atomic mass is 32.2. The second-order valence-corrected chi connectivity index (χ2v) is 7.94. The van der Waals surface area contributed by atoms with Crippen molar-refractivity contribution >= 4 is 27.3 Å². The fourth-order valence-electron chi connectivity index (χ4n) is 2.13. The van der Waals surface area contributed by atoms with Crippen LogP contribution in [0, 0.1) is 0 Å². The topological polar surface area (TPSA) is 75.7 Å². The second kappa shape index (κ2) is 7.57. The number of amides is 1. The number of sulfonamides is 1. The monoisotopic (exact) mass is 362 g/mol. The van der Waals surface area contributed by atoms with Crippen LogP contribution in [0.3, 0.4) is 0 Å². The summed E-state index contributed by atoms with van der Waals surface area (Å²) in [7, 11) is -1.90. The summed E-state index contributed by atoms with van der Waals surface area (Å²) < 4.78 is 29.9. The van der Waals surface area contributed by atoms with Crippen LogP contribution in [0.4, 0.5) is 11.4 Å². The van der Waals surface area contributed by atoms with Crippen molar-refractivity contribution in [2.45, 2.75) is 20.0 Å². The predicted molar refractivity (Wildman–Crippen MR) is 99.8 cm³/mol. The molecule has 2 rings (SSSR count). The lowest BCUT2D eigenvalue weighted by molar-refractivity contribution is 0.102. The van der Waals surface area contributed by atoms with E-state index in [4.69, 9.17) is 4.74 Å². The van der Waals surface area contributed by atoms with Crippen molar-refractivity contribution in [2.75, 3.05) is 22.9 Å². The lowest BCUT2D eigenvalue weighted by Gasteiger charge is -2.17.